The molecule has 3 nitrogen and oxygen atoms in total. The maximum atomic E-state index is 5.89. The Morgan fingerprint density at radius 1 is 1.54 bits per heavy atom. The summed E-state index contributed by atoms with van der Waals surface area (Å²) in [6.45, 7) is 2.04. The lowest BCUT2D eigenvalue weighted by Crippen LogP contribution is -2.29. The van der Waals surface area contributed by atoms with Crippen LogP contribution in [0.25, 0.3) is 0 Å². The van der Waals surface area contributed by atoms with E-state index < -0.39 is 0 Å². The highest BCUT2D eigenvalue weighted by molar-refractivity contribution is 5.08. The van der Waals surface area contributed by atoms with Gasteiger partial charge in [0, 0.05) is 19.3 Å². The molecule has 0 aromatic carbocycles. The Balaban J connectivity index is 2.78. The Labute approximate surface area is 78.9 Å². The zero-order chi connectivity index (χ0) is 9.68. The van der Waals surface area contributed by atoms with Crippen molar-refractivity contribution in [3.8, 4) is 0 Å². The summed E-state index contributed by atoms with van der Waals surface area (Å²) in [5.74, 6) is 0. The summed E-state index contributed by atoms with van der Waals surface area (Å²) in [6, 6.07) is 5.77. The zero-order valence-electron chi connectivity index (χ0n) is 8.10. The van der Waals surface area contributed by atoms with Crippen molar-refractivity contribution < 1.29 is 4.74 Å². The maximum Gasteiger partial charge on any atom is 0.114 e. The van der Waals surface area contributed by atoms with Crippen LogP contribution in [0.3, 0.4) is 0 Å². The van der Waals surface area contributed by atoms with Crippen LogP contribution in [-0.2, 0) is 4.74 Å². The molecular weight excluding hydrogens is 164 g/mol. The van der Waals surface area contributed by atoms with Gasteiger partial charge in [0.05, 0.1) is 5.69 Å². The lowest BCUT2D eigenvalue weighted by atomic mass is 10.1. The molecule has 1 aromatic rings. The largest absolute Gasteiger partial charge is 0.374 e. The molecule has 0 aliphatic carbocycles. The first-order valence-electron chi connectivity index (χ1n) is 4.49. The van der Waals surface area contributed by atoms with E-state index in [4.69, 9.17) is 10.5 Å². The third-order valence-corrected chi connectivity index (χ3v) is 2.09. The molecule has 0 aliphatic rings. The van der Waals surface area contributed by atoms with Gasteiger partial charge in [-0.2, -0.15) is 0 Å². The van der Waals surface area contributed by atoms with Crippen LogP contribution in [-0.4, -0.2) is 18.1 Å². The lowest BCUT2D eigenvalue weighted by molar-refractivity contribution is 0.0757. The third-order valence-electron chi connectivity index (χ3n) is 2.09. The first kappa shape index (κ1) is 10.2. The summed E-state index contributed by atoms with van der Waals surface area (Å²) < 4.78 is 5.30. The summed E-state index contributed by atoms with van der Waals surface area (Å²) in [6.07, 6.45) is 2.55. The number of methoxy groups -OCH3 is 1. The van der Waals surface area contributed by atoms with Gasteiger partial charge >= 0.3 is 0 Å². The van der Waals surface area contributed by atoms with E-state index in [1.807, 2.05) is 25.1 Å². The molecule has 0 amide bonds. The van der Waals surface area contributed by atoms with Crippen LogP contribution < -0.4 is 5.73 Å². The highest BCUT2D eigenvalue weighted by Crippen LogP contribution is 2.18. The van der Waals surface area contributed by atoms with Crippen LogP contribution in [0.5, 0.6) is 0 Å². The molecule has 2 atom stereocenters. The molecule has 0 saturated carbocycles. The first-order chi connectivity index (χ1) is 6.29. The fraction of sp³-hybridized carbons (Fsp3) is 0.500. The summed E-state index contributed by atoms with van der Waals surface area (Å²) in [5, 5.41) is 0. The second-order valence-corrected chi connectivity index (χ2v) is 2.98. The zero-order valence-corrected chi connectivity index (χ0v) is 8.10. The molecular formula is C10H16N2O. The summed E-state index contributed by atoms with van der Waals surface area (Å²) in [7, 11) is 1.66. The normalized spacial score (nSPS) is 15.3. The number of pyridine rings is 1. The molecule has 0 bridgehead atoms. The van der Waals surface area contributed by atoms with E-state index >= 15 is 0 Å². The Morgan fingerprint density at radius 2 is 2.31 bits per heavy atom. The van der Waals surface area contributed by atoms with Crippen LogP contribution in [0.2, 0.25) is 0 Å². The van der Waals surface area contributed by atoms with Gasteiger partial charge in [-0.3, -0.25) is 4.98 Å². The Hall–Kier alpha value is -0.930. The molecule has 3 heteroatoms. The van der Waals surface area contributed by atoms with Crippen molar-refractivity contribution in [3.63, 3.8) is 0 Å². The van der Waals surface area contributed by atoms with E-state index in [2.05, 4.69) is 4.98 Å². The SMILES string of the molecule is CC[C@H](N)C(OC)c1ccccn1. The number of hydrogen-bond donors (Lipinski definition) is 1. The van der Waals surface area contributed by atoms with Gasteiger partial charge in [0.2, 0.25) is 0 Å². The van der Waals surface area contributed by atoms with Crippen LogP contribution in [0, 0.1) is 0 Å². The highest BCUT2D eigenvalue weighted by atomic mass is 16.5. The van der Waals surface area contributed by atoms with Gasteiger partial charge in [-0.25, -0.2) is 0 Å². The van der Waals surface area contributed by atoms with Gasteiger partial charge in [-0.15, -0.1) is 0 Å². The number of hydrogen-bond acceptors (Lipinski definition) is 3. The van der Waals surface area contributed by atoms with Crippen LogP contribution in [0.1, 0.15) is 25.1 Å². The summed E-state index contributed by atoms with van der Waals surface area (Å²) >= 11 is 0. The van der Waals surface area contributed by atoms with E-state index in [0.29, 0.717) is 0 Å². The van der Waals surface area contributed by atoms with Crippen molar-refractivity contribution >= 4 is 0 Å². The molecule has 13 heavy (non-hydrogen) atoms. The average molecular weight is 180 g/mol. The molecule has 0 aliphatic heterocycles. The van der Waals surface area contributed by atoms with Crippen molar-refractivity contribution in [2.75, 3.05) is 7.11 Å². The second kappa shape index (κ2) is 4.94. The van der Waals surface area contributed by atoms with E-state index in [1.165, 1.54) is 0 Å². The number of ether oxygens (including phenoxy) is 1. The van der Waals surface area contributed by atoms with E-state index in [-0.39, 0.29) is 12.1 Å². The predicted octanol–water partition coefficient (Wildman–Crippen LogP) is 1.51. The first-order valence-corrected chi connectivity index (χ1v) is 4.49. The van der Waals surface area contributed by atoms with Crippen molar-refractivity contribution in [1.82, 2.24) is 4.98 Å². The lowest BCUT2D eigenvalue weighted by Gasteiger charge is -2.20. The van der Waals surface area contributed by atoms with Gasteiger partial charge in [-0.05, 0) is 18.6 Å². The summed E-state index contributed by atoms with van der Waals surface area (Å²) in [4.78, 5) is 4.21. The number of aromatic nitrogens is 1. The molecule has 1 aromatic heterocycles. The van der Waals surface area contributed by atoms with Crippen molar-refractivity contribution in [2.24, 2.45) is 5.73 Å². The minimum Gasteiger partial charge on any atom is -0.374 e. The van der Waals surface area contributed by atoms with Gasteiger partial charge in [0.1, 0.15) is 6.10 Å². The van der Waals surface area contributed by atoms with Gasteiger partial charge in [0.25, 0.3) is 0 Å². The molecule has 0 radical (unpaired) electrons. The van der Waals surface area contributed by atoms with Crippen LogP contribution in [0.15, 0.2) is 24.4 Å². The fourth-order valence-electron chi connectivity index (χ4n) is 1.27. The monoisotopic (exact) mass is 180 g/mol. The topological polar surface area (TPSA) is 48.1 Å². The minimum absolute atomic E-state index is 0.0138. The number of rotatable bonds is 4. The highest BCUT2D eigenvalue weighted by Gasteiger charge is 2.18. The van der Waals surface area contributed by atoms with Crippen molar-refractivity contribution in [2.45, 2.75) is 25.5 Å². The maximum absolute atomic E-state index is 5.89. The fourth-order valence-corrected chi connectivity index (χ4v) is 1.27. The minimum atomic E-state index is -0.0915. The Kier molecular flexibility index (Phi) is 3.86. The smallest absolute Gasteiger partial charge is 0.114 e. The van der Waals surface area contributed by atoms with Crippen LogP contribution >= 0.6 is 0 Å². The molecule has 0 saturated heterocycles. The van der Waals surface area contributed by atoms with Gasteiger partial charge < -0.3 is 10.5 Å². The Bertz CT molecular complexity index is 238. The number of nitrogens with two attached hydrogens (primary N) is 1. The molecule has 0 spiro atoms. The van der Waals surface area contributed by atoms with E-state index in [0.717, 1.165) is 12.1 Å². The molecule has 1 heterocycles. The van der Waals surface area contributed by atoms with Crippen molar-refractivity contribution in [1.29, 1.82) is 0 Å². The second-order valence-electron chi connectivity index (χ2n) is 2.98. The quantitative estimate of drug-likeness (QED) is 0.764. The van der Waals surface area contributed by atoms with E-state index in [9.17, 15) is 0 Å². The molecule has 2 N–H and O–H groups in total. The molecule has 0 fully saturated rings. The molecule has 1 unspecified atom stereocenters. The van der Waals surface area contributed by atoms with Gasteiger partial charge in [-0.1, -0.05) is 13.0 Å². The summed E-state index contributed by atoms with van der Waals surface area (Å²) in [5.41, 5.74) is 6.80. The standard InChI is InChI=1S/C10H16N2O/c1-3-8(11)10(13-2)9-6-4-5-7-12-9/h4-8,10H,3,11H2,1-2H3/t8-,10?/m0/s1. The third kappa shape index (κ3) is 2.50. The number of nitrogens with zero attached hydrogens (tertiary/aromatic N) is 1. The van der Waals surface area contributed by atoms with Gasteiger partial charge in [0.15, 0.2) is 0 Å². The van der Waals surface area contributed by atoms with Crippen LogP contribution in [0.4, 0.5) is 0 Å². The molecule has 1 rings (SSSR count). The van der Waals surface area contributed by atoms with Crippen molar-refractivity contribution in [3.05, 3.63) is 30.1 Å². The van der Waals surface area contributed by atoms with E-state index in [1.54, 1.807) is 13.3 Å². The molecule has 72 valence electrons. The Morgan fingerprint density at radius 3 is 2.77 bits per heavy atom. The predicted molar refractivity (Wildman–Crippen MR) is 52.3 cm³/mol. The average Bonchev–Trinajstić information content (AvgIpc) is 2.20.